The van der Waals surface area contributed by atoms with Gasteiger partial charge >= 0.3 is 0 Å². The van der Waals surface area contributed by atoms with E-state index in [1.807, 2.05) is 6.07 Å². The van der Waals surface area contributed by atoms with Crippen LogP contribution in [0.25, 0.3) is 0 Å². The van der Waals surface area contributed by atoms with Crippen LogP contribution in [0.1, 0.15) is 29.9 Å². The summed E-state index contributed by atoms with van der Waals surface area (Å²) >= 11 is 0. The second-order valence-electron chi connectivity index (χ2n) is 4.11. The first-order chi connectivity index (χ1) is 8.19. The molecular formula is C13H19NO3. The standard InChI is InChI=1S/C12H17NO.CH2O2/c1-9-8-11(13)2-3-12(9)10-4-6-14-7-5-10;2-1-3/h2-3,8,10H,4-7,13H2,1H3;1H,(H,2,3). The Labute approximate surface area is 101 Å². The van der Waals surface area contributed by atoms with E-state index in [4.69, 9.17) is 20.4 Å². The van der Waals surface area contributed by atoms with Crippen molar-refractivity contribution in [3.05, 3.63) is 29.3 Å². The van der Waals surface area contributed by atoms with Gasteiger partial charge < -0.3 is 15.6 Å². The SMILES string of the molecule is Cc1cc(N)ccc1C1CCOCC1.O=CO. The number of ether oxygens (including phenoxy) is 1. The summed E-state index contributed by atoms with van der Waals surface area (Å²) in [5.41, 5.74) is 9.36. The second-order valence-corrected chi connectivity index (χ2v) is 4.11. The molecule has 4 nitrogen and oxygen atoms in total. The Bertz CT molecular complexity index is 360. The van der Waals surface area contributed by atoms with Crippen LogP contribution < -0.4 is 5.73 Å². The molecule has 0 aromatic heterocycles. The maximum Gasteiger partial charge on any atom is 0.290 e. The third-order valence-corrected chi connectivity index (χ3v) is 2.95. The molecule has 94 valence electrons. The van der Waals surface area contributed by atoms with E-state index >= 15 is 0 Å². The number of carboxylic acid groups (broad SMARTS) is 1. The number of anilines is 1. The van der Waals surface area contributed by atoms with E-state index in [0.717, 1.165) is 31.7 Å². The van der Waals surface area contributed by atoms with Crippen molar-refractivity contribution < 1.29 is 14.6 Å². The lowest BCUT2D eigenvalue weighted by atomic mass is 9.88. The van der Waals surface area contributed by atoms with Crippen LogP contribution in [0, 0.1) is 6.92 Å². The zero-order valence-corrected chi connectivity index (χ0v) is 10.1. The van der Waals surface area contributed by atoms with Crippen molar-refractivity contribution in [1.29, 1.82) is 0 Å². The van der Waals surface area contributed by atoms with Gasteiger partial charge in [0, 0.05) is 18.9 Å². The van der Waals surface area contributed by atoms with Gasteiger partial charge in [-0.25, -0.2) is 0 Å². The molecule has 0 radical (unpaired) electrons. The van der Waals surface area contributed by atoms with Crippen molar-refractivity contribution in [2.45, 2.75) is 25.7 Å². The predicted molar refractivity (Wildman–Crippen MR) is 67.1 cm³/mol. The summed E-state index contributed by atoms with van der Waals surface area (Å²) in [4.78, 5) is 8.36. The molecule has 0 spiro atoms. The monoisotopic (exact) mass is 237 g/mol. The molecule has 1 heterocycles. The molecule has 3 N–H and O–H groups in total. The fourth-order valence-electron chi connectivity index (χ4n) is 2.17. The van der Waals surface area contributed by atoms with Gasteiger partial charge in [0.1, 0.15) is 0 Å². The molecule has 0 atom stereocenters. The molecular weight excluding hydrogens is 218 g/mol. The van der Waals surface area contributed by atoms with Crippen LogP contribution in [0.3, 0.4) is 0 Å². The van der Waals surface area contributed by atoms with Gasteiger partial charge in [0.2, 0.25) is 0 Å². The van der Waals surface area contributed by atoms with E-state index in [1.165, 1.54) is 11.1 Å². The Balaban J connectivity index is 0.000000437. The van der Waals surface area contributed by atoms with E-state index in [2.05, 4.69) is 19.1 Å². The van der Waals surface area contributed by atoms with Gasteiger partial charge in [0.25, 0.3) is 6.47 Å². The number of nitrogens with two attached hydrogens (primary N) is 1. The van der Waals surface area contributed by atoms with Crippen molar-refractivity contribution in [1.82, 2.24) is 0 Å². The van der Waals surface area contributed by atoms with Crippen LogP contribution in [0.4, 0.5) is 5.69 Å². The van der Waals surface area contributed by atoms with E-state index in [9.17, 15) is 0 Å². The molecule has 1 saturated heterocycles. The van der Waals surface area contributed by atoms with Crippen molar-refractivity contribution >= 4 is 12.2 Å². The van der Waals surface area contributed by atoms with Crippen LogP contribution >= 0.6 is 0 Å². The van der Waals surface area contributed by atoms with Crippen molar-refractivity contribution in [3.63, 3.8) is 0 Å². The number of nitrogen functional groups attached to an aromatic ring is 1. The molecule has 1 aliphatic heterocycles. The zero-order valence-electron chi connectivity index (χ0n) is 10.1. The van der Waals surface area contributed by atoms with Crippen molar-refractivity contribution in [2.75, 3.05) is 18.9 Å². The Morgan fingerprint density at radius 2 is 2.00 bits per heavy atom. The number of aryl methyl sites for hydroxylation is 1. The molecule has 4 heteroatoms. The smallest absolute Gasteiger partial charge is 0.290 e. The molecule has 1 aromatic carbocycles. The minimum absolute atomic E-state index is 0.250. The van der Waals surface area contributed by atoms with Crippen molar-refractivity contribution in [3.8, 4) is 0 Å². The second kappa shape index (κ2) is 6.91. The molecule has 0 saturated carbocycles. The topological polar surface area (TPSA) is 72.5 Å². The summed E-state index contributed by atoms with van der Waals surface area (Å²) in [5.74, 6) is 0.671. The van der Waals surface area contributed by atoms with E-state index in [0.29, 0.717) is 5.92 Å². The Kier molecular flexibility index (Phi) is 5.49. The third kappa shape index (κ3) is 4.07. The summed E-state index contributed by atoms with van der Waals surface area (Å²) in [5, 5.41) is 6.89. The van der Waals surface area contributed by atoms with E-state index < -0.39 is 0 Å². The quantitative estimate of drug-likeness (QED) is 0.580. The Morgan fingerprint density at radius 3 is 2.53 bits per heavy atom. The van der Waals surface area contributed by atoms with Gasteiger partial charge in [-0.05, 0) is 48.9 Å². The summed E-state index contributed by atoms with van der Waals surface area (Å²) in [7, 11) is 0. The highest BCUT2D eigenvalue weighted by atomic mass is 16.5. The molecule has 17 heavy (non-hydrogen) atoms. The van der Waals surface area contributed by atoms with Gasteiger partial charge in [-0.3, -0.25) is 4.79 Å². The largest absolute Gasteiger partial charge is 0.483 e. The first-order valence-corrected chi connectivity index (χ1v) is 5.70. The van der Waals surface area contributed by atoms with E-state index in [1.54, 1.807) is 0 Å². The number of rotatable bonds is 1. The zero-order chi connectivity index (χ0) is 12.7. The molecule has 0 aliphatic carbocycles. The third-order valence-electron chi connectivity index (χ3n) is 2.95. The fourth-order valence-corrected chi connectivity index (χ4v) is 2.17. The highest BCUT2D eigenvalue weighted by molar-refractivity contribution is 5.45. The lowest BCUT2D eigenvalue weighted by Crippen LogP contribution is -2.14. The molecule has 1 fully saturated rings. The number of carbonyl (C=O) groups is 1. The van der Waals surface area contributed by atoms with Crippen molar-refractivity contribution in [2.24, 2.45) is 0 Å². The molecule has 0 unspecified atom stereocenters. The normalized spacial score (nSPS) is 15.8. The first kappa shape index (κ1) is 13.5. The Hall–Kier alpha value is -1.55. The van der Waals surface area contributed by atoms with Crippen LogP contribution in [0.5, 0.6) is 0 Å². The Morgan fingerprint density at radius 1 is 1.41 bits per heavy atom. The van der Waals surface area contributed by atoms with Crippen LogP contribution in [0.2, 0.25) is 0 Å². The van der Waals surface area contributed by atoms with Crippen LogP contribution in [-0.4, -0.2) is 24.8 Å². The van der Waals surface area contributed by atoms with Gasteiger partial charge in [-0.2, -0.15) is 0 Å². The number of hydrogen-bond donors (Lipinski definition) is 2. The number of benzene rings is 1. The maximum absolute atomic E-state index is 8.36. The maximum atomic E-state index is 8.36. The molecule has 2 rings (SSSR count). The van der Waals surface area contributed by atoms with E-state index in [-0.39, 0.29) is 6.47 Å². The predicted octanol–water partition coefficient (Wildman–Crippen LogP) is 2.17. The molecule has 1 aromatic rings. The highest BCUT2D eigenvalue weighted by Crippen LogP contribution is 2.29. The summed E-state index contributed by atoms with van der Waals surface area (Å²) in [6, 6.07) is 6.23. The first-order valence-electron chi connectivity index (χ1n) is 5.70. The van der Waals surface area contributed by atoms with Gasteiger partial charge in [0.15, 0.2) is 0 Å². The lowest BCUT2D eigenvalue weighted by Gasteiger charge is -2.24. The lowest BCUT2D eigenvalue weighted by molar-refractivity contribution is -0.122. The fraction of sp³-hybridized carbons (Fsp3) is 0.462. The summed E-state index contributed by atoms with van der Waals surface area (Å²) in [6.07, 6.45) is 2.29. The van der Waals surface area contributed by atoms with Gasteiger partial charge in [-0.15, -0.1) is 0 Å². The van der Waals surface area contributed by atoms with Crippen LogP contribution in [-0.2, 0) is 9.53 Å². The number of hydrogen-bond acceptors (Lipinski definition) is 3. The van der Waals surface area contributed by atoms with Gasteiger partial charge in [-0.1, -0.05) is 6.07 Å². The summed E-state index contributed by atoms with van der Waals surface area (Å²) < 4.78 is 5.36. The average molecular weight is 237 g/mol. The van der Waals surface area contributed by atoms with Gasteiger partial charge in [0.05, 0.1) is 0 Å². The molecule has 1 aliphatic rings. The summed E-state index contributed by atoms with van der Waals surface area (Å²) in [6.45, 7) is 3.68. The highest BCUT2D eigenvalue weighted by Gasteiger charge is 2.17. The van der Waals surface area contributed by atoms with Crippen LogP contribution in [0.15, 0.2) is 18.2 Å². The average Bonchev–Trinajstić information content (AvgIpc) is 2.31. The molecule has 0 bridgehead atoms. The minimum atomic E-state index is -0.250. The minimum Gasteiger partial charge on any atom is -0.483 e. The molecule has 0 amide bonds.